The van der Waals surface area contributed by atoms with Crippen molar-refractivity contribution in [2.75, 3.05) is 12.8 Å². The fourth-order valence-corrected chi connectivity index (χ4v) is 2.54. The number of benzene rings is 1. The molecule has 0 aromatic heterocycles. The summed E-state index contributed by atoms with van der Waals surface area (Å²) in [5.41, 5.74) is 0.827. The summed E-state index contributed by atoms with van der Waals surface area (Å²) in [5, 5.41) is 0. The van der Waals surface area contributed by atoms with Crippen molar-refractivity contribution < 1.29 is 4.79 Å². The zero-order valence-electron chi connectivity index (χ0n) is 12.1. The van der Waals surface area contributed by atoms with E-state index in [4.69, 9.17) is 0 Å². The van der Waals surface area contributed by atoms with Crippen molar-refractivity contribution >= 4 is 17.7 Å². The van der Waals surface area contributed by atoms with Crippen LogP contribution in [0.2, 0.25) is 0 Å². The first-order valence-corrected chi connectivity index (χ1v) is 8.29. The Morgan fingerprint density at radius 1 is 1.32 bits per heavy atom. The van der Waals surface area contributed by atoms with Crippen molar-refractivity contribution in [1.82, 2.24) is 4.90 Å². The average molecular weight is 277 g/mol. The lowest BCUT2D eigenvalue weighted by molar-refractivity contribution is 0.0735. The summed E-state index contributed by atoms with van der Waals surface area (Å²) in [6.45, 7) is 5.32. The first-order valence-electron chi connectivity index (χ1n) is 7.07. The summed E-state index contributed by atoms with van der Waals surface area (Å²) >= 11 is 1.71. The second-order valence-electron chi connectivity index (χ2n) is 5.64. The second-order valence-corrected chi connectivity index (χ2v) is 6.52. The van der Waals surface area contributed by atoms with Gasteiger partial charge < -0.3 is 4.90 Å². The third-order valence-electron chi connectivity index (χ3n) is 3.53. The minimum atomic E-state index is 0.204. The Kier molecular flexibility index (Phi) is 4.92. The predicted octanol–water partition coefficient (Wildman–Crippen LogP) is 4.06. The summed E-state index contributed by atoms with van der Waals surface area (Å²) in [5.74, 6) is 0.851. The molecule has 0 unspecified atom stereocenters. The molecule has 1 amide bonds. The van der Waals surface area contributed by atoms with Crippen molar-refractivity contribution in [3.63, 3.8) is 0 Å². The Balaban J connectivity index is 2.05. The van der Waals surface area contributed by atoms with Crippen molar-refractivity contribution in [3.8, 4) is 0 Å². The molecule has 1 aromatic rings. The van der Waals surface area contributed by atoms with E-state index in [1.54, 1.807) is 11.8 Å². The van der Waals surface area contributed by atoms with E-state index < -0.39 is 0 Å². The van der Waals surface area contributed by atoms with Gasteiger partial charge in [-0.05, 0) is 55.7 Å². The summed E-state index contributed by atoms with van der Waals surface area (Å²) in [4.78, 5) is 15.8. The first-order chi connectivity index (χ1) is 9.11. The summed E-state index contributed by atoms with van der Waals surface area (Å²) < 4.78 is 0. The molecule has 1 fully saturated rings. The topological polar surface area (TPSA) is 20.3 Å². The largest absolute Gasteiger partial charge is 0.336 e. The van der Waals surface area contributed by atoms with Gasteiger partial charge >= 0.3 is 0 Å². The zero-order valence-corrected chi connectivity index (χ0v) is 12.9. The molecule has 19 heavy (non-hydrogen) atoms. The highest BCUT2D eigenvalue weighted by Gasteiger charge is 2.32. The van der Waals surface area contributed by atoms with Crippen LogP contribution in [-0.4, -0.2) is 29.6 Å². The van der Waals surface area contributed by atoms with Crippen molar-refractivity contribution in [2.45, 2.75) is 44.0 Å². The van der Waals surface area contributed by atoms with Crippen LogP contribution in [-0.2, 0) is 0 Å². The van der Waals surface area contributed by atoms with E-state index in [0.29, 0.717) is 12.0 Å². The third kappa shape index (κ3) is 4.00. The lowest BCUT2D eigenvalue weighted by atomic mass is 10.1. The van der Waals surface area contributed by atoms with Crippen LogP contribution < -0.4 is 0 Å². The van der Waals surface area contributed by atoms with Crippen LogP contribution in [0, 0.1) is 5.92 Å². The predicted molar refractivity (Wildman–Crippen MR) is 81.7 cm³/mol. The Hall–Kier alpha value is -0.960. The smallest absolute Gasteiger partial charge is 0.254 e. The van der Waals surface area contributed by atoms with Gasteiger partial charge in [0.15, 0.2) is 0 Å². The Morgan fingerprint density at radius 3 is 2.42 bits per heavy atom. The highest BCUT2D eigenvalue weighted by atomic mass is 32.2. The number of carbonyl (C=O) groups is 1. The summed E-state index contributed by atoms with van der Waals surface area (Å²) in [7, 11) is 0. The van der Waals surface area contributed by atoms with Crippen LogP contribution in [0.1, 0.15) is 43.5 Å². The molecule has 0 aliphatic heterocycles. The van der Waals surface area contributed by atoms with Crippen LogP contribution in [0.5, 0.6) is 0 Å². The van der Waals surface area contributed by atoms with Crippen LogP contribution in [0.3, 0.4) is 0 Å². The fourth-order valence-electron chi connectivity index (χ4n) is 2.13. The number of rotatable bonds is 6. The molecule has 0 atom stereocenters. The Morgan fingerprint density at radius 2 is 1.95 bits per heavy atom. The zero-order chi connectivity index (χ0) is 13.8. The number of hydrogen-bond donors (Lipinski definition) is 0. The van der Waals surface area contributed by atoms with Gasteiger partial charge in [0.1, 0.15) is 0 Å². The molecule has 2 nitrogen and oxygen atoms in total. The molecule has 0 radical (unpaired) electrons. The van der Waals surface area contributed by atoms with Gasteiger partial charge in [0.05, 0.1) is 0 Å². The van der Waals surface area contributed by atoms with Gasteiger partial charge in [-0.2, -0.15) is 0 Å². The molecule has 1 aromatic carbocycles. The average Bonchev–Trinajstić information content (AvgIpc) is 3.23. The number of amides is 1. The Labute approximate surface area is 120 Å². The normalized spacial score (nSPS) is 14.7. The molecule has 0 spiro atoms. The molecule has 0 N–H and O–H groups in total. The van der Waals surface area contributed by atoms with Gasteiger partial charge in [-0.15, -0.1) is 11.8 Å². The number of hydrogen-bond acceptors (Lipinski definition) is 2. The lowest BCUT2D eigenvalue weighted by Gasteiger charge is -2.23. The Bertz CT molecular complexity index is 423. The van der Waals surface area contributed by atoms with E-state index >= 15 is 0 Å². The standard InChI is InChI=1S/C16H23NOS/c1-12(2)10-11-17(14-6-7-14)16(18)13-4-8-15(19-3)9-5-13/h4-5,8-9,12,14H,6-7,10-11H2,1-3H3. The molecule has 1 aliphatic carbocycles. The van der Waals surface area contributed by atoms with Crippen molar-refractivity contribution in [3.05, 3.63) is 29.8 Å². The van der Waals surface area contributed by atoms with E-state index in [1.807, 2.05) is 24.3 Å². The second kappa shape index (κ2) is 6.47. The molecule has 0 saturated heterocycles. The highest BCUT2D eigenvalue weighted by Crippen LogP contribution is 2.29. The quantitative estimate of drug-likeness (QED) is 0.731. The molecular formula is C16H23NOS. The van der Waals surface area contributed by atoms with Crippen molar-refractivity contribution in [2.24, 2.45) is 5.92 Å². The van der Waals surface area contributed by atoms with E-state index in [2.05, 4.69) is 25.0 Å². The van der Waals surface area contributed by atoms with Crippen molar-refractivity contribution in [1.29, 1.82) is 0 Å². The first kappa shape index (κ1) is 14.4. The van der Waals surface area contributed by atoms with Gasteiger partial charge in [0.25, 0.3) is 5.91 Å². The van der Waals surface area contributed by atoms with Crippen LogP contribution >= 0.6 is 11.8 Å². The van der Waals surface area contributed by atoms with Gasteiger partial charge in [-0.3, -0.25) is 4.79 Å². The monoisotopic (exact) mass is 277 g/mol. The molecule has 1 aliphatic rings. The summed E-state index contributed by atoms with van der Waals surface area (Å²) in [6.07, 6.45) is 5.49. The number of nitrogens with zero attached hydrogens (tertiary/aromatic N) is 1. The van der Waals surface area contributed by atoms with Gasteiger partial charge in [-0.1, -0.05) is 13.8 Å². The maximum Gasteiger partial charge on any atom is 0.254 e. The van der Waals surface area contributed by atoms with E-state index in [1.165, 1.54) is 17.7 Å². The van der Waals surface area contributed by atoms with Gasteiger partial charge in [-0.25, -0.2) is 0 Å². The third-order valence-corrected chi connectivity index (χ3v) is 4.28. The van der Waals surface area contributed by atoms with Gasteiger partial charge in [0.2, 0.25) is 0 Å². The minimum absolute atomic E-state index is 0.204. The van der Waals surface area contributed by atoms with E-state index in [9.17, 15) is 4.79 Å². The number of carbonyl (C=O) groups excluding carboxylic acids is 1. The van der Waals surface area contributed by atoms with Crippen LogP contribution in [0.4, 0.5) is 0 Å². The fraction of sp³-hybridized carbons (Fsp3) is 0.562. The molecule has 3 heteroatoms. The minimum Gasteiger partial charge on any atom is -0.336 e. The SMILES string of the molecule is CSc1ccc(C(=O)N(CCC(C)C)C2CC2)cc1. The van der Waals surface area contributed by atoms with Crippen LogP contribution in [0.25, 0.3) is 0 Å². The van der Waals surface area contributed by atoms with Crippen LogP contribution in [0.15, 0.2) is 29.2 Å². The lowest BCUT2D eigenvalue weighted by Crippen LogP contribution is -2.34. The maximum atomic E-state index is 12.6. The highest BCUT2D eigenvalue weighted by molar-refractivity contribution is 7.98. The molecule has 1 saturated carbocycles. The molecule has 2 rings (SSSR count). The molecule has 0 heterocycles. The number of thioether (sulfide) groups is 1. The molecular weight excluding hydrogens is 254 g/mol. The molecule has 104 valence electrons. The van der Waals surface area contributed by atoms with Gasteiger partial charge in [0, 0.05) is 23.0 Å². The van der Waals surface area contributed by atoms with E-state index in [-0.39, 0.29) is 5.91 Å². The molecule has 0 bridgehead atoms. The van der Waals surface area contributed by atoms with E-state index in [0.717, 1.165) is 18.5 Å². The maximum absolute atomic E-state index is 12.6. The summed E-state index contributed by atoms with van der Waals surface area (Å²) in [6, 6.07) is 8.47.